The van der Waals surface area contributed by atoms with Crippen molar-refractivity contribution in [1.29, 1.82) is 0 Å². The molecule has 0 spiro atoms. The third-order valence-electron chi connectivity index (χ3n) is 2.12. The Bertz CT molecular complexity index is 400. The third kappa shape index (κ3) is 3.13. The zero-order chi connectivity index (χ0) is 13.0. The van der Waals surface area contributed by atoms with Gasteiger partial charge in [-0.1, -0.05) is 0 Å². The van der Waals surface area contributed by atoms with E-state index >= 15 is 0 Å². The van der Waals surface area contributed by atoms with Crippen LogP contribution in [0.2, 0.25) is 0 Å². The van der Waals surface area contributed by atoms with Gasteiger partial charge in [0.1, 0.15) is 0 Å². The largest absolute Gasteiger partial charge is 0.473 e. The molecule has 0 amide bonds. The molecular formula is C11H13F2NO3. The first kappa shape index (κ1) is 13.4. The minimum absolute atomic E-state index is 0.0146. The second kappa shape index (κ2) is 5.58. The van der Waals surface area contributed by atoms with Crippen LogP contribution in [-0.2, 0) is 16.1 Å². The lowest BCUT2D eigenvalue weighted by Crippen LogP contribution is -2.25. The van der Waals surface area contributed by atoms with E-state index in [9.17, 15) is 13.6 Å². The molecule has 4 nitrogen and oxygen atoms in total. The summed E-state index contributed by atoms with van der Waals surface area (Å²) in [4.78, 5) is 11.0. The summed E-state index contributed by atoms with van der Waals surface area (Å²) in [5, 5.41) is 0. The Morgan fingerprint density at radius 2 is 1.94 bits per heavy atom. The molecular weight excluding hydrogens is 232 g/mol. The van der Waals surface area contributed by atoms with Crippen molar-refractivity contribution in [1.82, 2.24) is 0 Å². The monoisotopic (exact) mass is 245 g/mol. The van der Waals surface area contributed by atoms with Crippen molar-refractivity contribution in [3.05, 3.63) is 29.3 Å². The first-order valence-corrected chi connectivity index (χ1v) is 4.92. The minimum Gasteiger partial charge on any atom is -0.473 e. The predicted octanol–water partition coefficient (Wildman–Crippen LogP) is 1.36. The molecule has 1 aromatic rings. The molecule has 6 heteroatoms. The van der Waals surface area contributed by atoms with Crippen LogP contribution in [0, 0.1) is 11.6 Å². The maximum Gasteiger partial charge on any atom is 0.346 e. The Morgan fingerprint density at radius 1 is 1.41 bits per heavy atom. The molecule has 94 valence electrons. The number of benzene rings is 1. The van der Waals surface area contributed by atoms with E-state index in [4.69, 9.17) is 10.5 Å². The number of hydrogen-bond donors (Lipinski definition) is 1. The summed E-state index contributed by atoms with van der Waals surface area (Å²) in [5.74, 6) is -3.13. The van der Waals surface area contributed by atoms with Crippen molar-refractivity contribution in [3.63, 3.8) is 0 Å². The highest BCUT2D eigenvalue weighted by Crippen LogP contribution is 2.24. The fourth-order valence-corrected chi connectivity index (χ4v) is 1.23. The molecule has 0 saturated carbocycles. The Morgan fingerprint density at radius 3 is 2.35 bits per heavy atom. The minimum atomic E-state index is -1.09. The number of hydrogen-bond acceptors (Lipinski definition) is 4. The third-order valence-corrected chi connectivity index (χ3v) is 2.12. The Balaban J connectivity index is 2.95. The van der Waals surface area contributed by atoms with Crippen LogP contribution in [0.5, 0.6) is 5.75 Å². The van der Waals surface area contributed by atoms with Crippen molar-refractivity contribution in [2.75, 3.05) is 7.11 Å². The lowest BCUT2D eigenvalue weighted by atomic mass is 10.2. The van der Waals surface area contributed by atoms with Gasteiger partial charge in [0.15, 0.2) is 23.5 Å². The van der Waals surface area contributed by atoms with Crippen molar-refractivity contribution in [2.45, 2.75) is 19.6 Å². The molecule has 0 aromatic heterocycles. The smallest absolute Gasteiger partial charge is 0.346 e. The number of esters is 1. The van der Waals surface area contributed by atoms with Crippen molar-refractivity contribution in [3.8, 4) is 5.75 Å². The van der Waals surface area contributed by atoms with Gasteiger partial charge in [0.25, 0.3) is 0 Å². The van der Waals surface area contributed by atoms with Crippen molar-refractivity contribution in [2.24, 2.45) is 5.73 Å². The van der Waals surface area contributed by atoms with Gasteiger partial charge in [-0.3, -0.25) is 0 Å². The van der Waals surface area contributed by atoms with Gasteiger partial charge in [-0.25, -0.2) is 13.6 Å². The molecule has 0 aliphatic carbocycles. The summed E-state index contributed by atoms with van der Waals surface area (Å²) in [6.07, 6.45) is -1.09. The van der Waals surface area contributed by atoms with E-state index in [1.165, 1.54) is 6.92 Å². The lowest BCUT2D eigenvalue weighted by molar-refractivity contribution is -0.148. The number of carbonyl (C=O) groups excluding carboxylic acids is 1. The normalized spacial score (nSPS) is 12.1. The van der Waals surface area contributed by atoms with E-state index in [2.05, 4.69) is 4.74 Å². The molecule has 0 saturated heterocycles. The lowest BCUT2D eigenvalue weighted by Gasteiger charge is -2.14. The Labute approximate surface area is 97.3 Å². The molecule has 17 heavy (non-hydrogen) atoms. The highest BCUT2D eigenvalue weighted by Gasteiger charge is 2.20. The van der Waals surface area contributed by atoms with Crippen LogP contribution in [-0.4, -0.2) is 19.2 Å². The second-order valence-electron chi connectivity index (χ2n) is 3.38. The van der Waals surface area contributed by atoms with Crippen LogP contribution in [0.3, 0.4) is 0 Å². The standard InChI is InChI=1S/C11H13F2NO3/c1-6(11(15)16-2)17-10-8(12)3-7(5-14)4-9(10)13/h3-4,6H,5,14H2,1-2H3. The maximum atomic E-state index is 13.5. The number of rotatable bonds is 4. The molecule has 0 radical (unpaired) electrons. The topological polar surface area (TPSA) is 61.5 Å². The van der Waals surface area contributed by atoms with E-state index in [0.717, 1.165) is 19.2 Å². The molecule has 2 N–H and O–H groups in total. The number of carbonyl (C=O) groups is 1. The van der Waals surface area contributed by atoms with Crippen molar-refractivity contribution < 1.29 is 23.0 Å². The predicted molar refractivity (Wildman–Crippen MR) is 56.4 cm³/mol. The van der Waals surface area contributed by atoms with Crippen molar-refractivity contribution >= 4 is 5.97 Å². The van der Waals surface area contributed by atoms with Crippen LogP contribution in [0.4, 0.5) is 8.78 Å². The molecule has 1 atom stereocenters. The van der Waals surface area contributed by atoms with Gasteiger partial charge in [0.05, 0.1) is 7.11 Å². The quantitative estimate of drug-likeness (QED) is 0.814. The van der Waals surface area contributed by atoms with E-state index in [1.54, 1.807) is 0 Å². The van der Waals surface area contributed by atoms with E-state index in [0.29, 0.717) is 5.56 Å². The summed E-state index contributed by atoms with van der Waals surface area (Å²) in [5.41, 5.74) is 5.56. The van der Waals surface area contributed by atoms with Crippen LogP contribution >= 0.6 is 0 Å². The van der Waals surface area contributed by atoms with Crippen LogP contribution in [0.15, 0.2) is 12.1 Å². The van der Waals surface area contributed by atoms with E-state index < -0.39 is 29.5 Å². The summed E-state index contributed by atoms with van der Waals surface area (Å²) >= 11 is 0. The zero-order valence-corrected chi connectivity index (χ0v) is 9.50. The average Bonchev–Trinajstić information content (AvgIpc) is 2.31. The number of halogens is 2. The van der Waals surface area contributed by atoms with Gasteiger partial charge in [-0.2, -0.15) is 0 Å². The van der Waals surface area contributed by atoms with E-state index in [1.807, 2.05) is 0 Å². The van der Waals surface area contributed by atoms with Gasteiger partial charge < -0.3 is 15.2 Å². The van der Waals surface area contributed by atoms with Gasteiger partial charge in [-0.05, 0) is 24.6 Å². The summed E-state index contributed by atoms with van der Waals surface area (Å²) < 4.78 is 36.1. The first-order valence-electron chi connectivity index (χ1n) is 4.92. The SMILES string of the molecule is COC(=O)C(C)Oc1c(F)cc(CN)cc1F. The second-order valence-corrected chi connectivity index (χ2v) is 3.38. The molecule has 1 unspecified atom stereocenters. The highest BCUT2D eigenvalue weighted by atomic mass is 19.1. The fourth-order valence-electron chi connectivity index (χ4n) is 1.23. The van der Waals surface area contributed by atoms with Crippen LogP contribution in [0.1, 0.15) is 12.5 Å². The maximum absolute atomic E-state index is 13.5. The highest BCUT2D eigenvalue weighted by molar-refractivity contribution is 5.74. The van der Waals surface area contributed by atoms with Gasteiger partial charge in [-0.15, -0.1) is 0 Å². The first-order chi connectivity index (χ1) is 7.99. The van der Waals surface area contributed by atoms with Gasteiger partial charge in [0.2, 0.25) is 0 Å². The average molecular weight is 245 g/mol. The number of methoxy groups -OCH3 is 1. The molecule has 0 bridgehead atoms. The molecule has 1 rings (SSSR count). The summed E-state index contributed by atoms with van der Waals surface area (Å²) in [6.45, 7) is 1.35. The number of nitrogens with two attached hydrogens (primary N) is 1. The molecule has 0 aliphatic heterocycles. The van der Waals surface area contributed by atoms with Gasteiger partial charge in [0, 0.05) is 6.54 Å². The molecule has 0 fully saturated rings. The van der Waals surface area contributed by atoms with Gasteiger partial charge >= 0.3 is 5.97 Å². The number of ether oxygens (including phenoxy) is 2. The molecule has 1 aromatic carbocycles. The Kier molecular flexibility index (Phi) is 4.39. The summed E-state index contributed by atoms with van der Waals surface area (Å²) in [6, 6.07) is 2.12. The van der Waals surface area contributed by atoms with Crippen LogP contribution < -0.4 is 10.5 Å². The van der Waals surface area contributed by atoms with Crippen LogP contribution in [0.25, 0.3) is 0 Å². The Hall–Kier alpha value is -1.69. The molecule has 0 heterocycles. The fraction of sp³-hybridized carbons (Fsp3) is 0.364. The summed E-state index contributed by atoms with van der Waals surface area (Å²) in [7, 11) is 1.16. The van der Waals surface area contributed by atoms with E-state index in [-0.39, 0.29) is 6.54 Å². The molecule has 0 aliphatic rings. The zero-order valence-electron chi connectivity index (χ0n) is 9.50.